The normalized spacial score (nSPS) is 12.3. The average molecular weight is 310 g/mol. The second-order valence-corrected chi connectivity index (χ2v) is 6.29. The van der Waals surface area contributed by atoms with Crippen molar-refractivity contribution in [2.45, 2.75) is 13.8 Å². The van der Waals surface area contributed by atoms with Crippen LogP contribution in [0.2, 0.25) is 0 Å². The molecule has 0 fully saturated rings. The summed E-state index contributed by atoms with van der Waals surface area (Å²) in [6.45, 7) is 4.37. The molecule has 1 rings (SSSR count). The molecule has 5 heteroatoms. The van der Waals surface area contributed by atoms with Gasteiger partial charge in [0.15, 0.2) is 0 Å². The zero-order chi connectivity index (χ0) is 15.6. The third kappa shape index (κ3) is 6.76. The van der Waals surface area contributed by atoms with Crippen LogP contribution in [-0.2, 0) is 13.6 Å². The molecule has 0 aliphatic rings. The number of hydrogen-bond donors (Lipinski definition) is 0. The Morgan fingerprint density at radius 2 is 1.67 bits per heavy atom. The number of rotatable bonds is 9. The maximum Gasteiger partial charge on any atom is 0.334 e. The van der Waals surface area contributed by atoms with Crippen molar-refractivity contribution in [1.82, 2.24) is 0 Å². The van der Waals surface area contributed by atoms with Gasteiger partial charge in [-0.3, -0.25) is 4.57 Å². The van der Waals surface area contributed by atoms with Crippen LogP contribution in [-0.4, -0.2) is 26.5 Å². The van der Waals surface area contributed by atoms with Gasteiger partial charge in [0, 0.05) is 0 Å². The fraction of sp³-hybridized carbons (Fsp3) is 0.375. The Morgan fingerprint density at radius 3 is 2.19 bits per heavy atom. The molecule has 0 saturated carbocycles. The molecular formula is C16H23O4P. The van der Waals surface area contributed by atoms with E-state index in [0.29, 0.717) is 13.2 Å². The van der Waals surface area contributed by atoms with Gasteiger partial charge in [0.05, 0.1) is 26.5 Å². The number of allylic oxidation sites excluding steroid dienone is 3. The van der Waals surface area contributed by atoms with E-state index in [0.717, 1.165) is 11.3 Å². The van der Waals surface area contributed by atoms with Crippen LogP contribution in [0.5, 0.6) is 5.75 Å². The van der Waals surface area contributed by atoms with Crippen molar-refractivity contribution in [2.24, 2.45) is 0 Å². The van der Waals surface area contributed by atoms with Crippen LogP contribution >= 0.6 is 7.60 Å². The van der Waals surface area contributed by atoms with Crippen molar-refractivity contribution >= 4 is 13.7 Å². The van der Waals surface area contributed by atoms with Crippen molar-refractivity contribution in [3.63, 3.8) is 0 Å². The summed E-state index contributed by atoms with van der Waals surface area (Å²) in [5.74, 6) is 0.831. The molecule has 0 N–H and O–H groups in total. The highest BCUT2D eigenvalue weighted by atomic mass is 31.2. The predicted octanol–water partition coefficient (Wildman–Crippen LogP) is 4.53. The Kier molecular flexibility index (Phi) is 8.06. The Balaban J connectivity index is 2.52. The minimum absolute atomic E-state index is 0.279. The van der Waals surface area contributed by atoms with Crippen LogP contribution in [0.1, 0.15) is 19.4 Å². The lowest BCUT2D eigenvalue weighted by molar-refractivity contribution is 0.222. The molecule has 0 amide bonds. The largest absolute Gasteiger partial charge is 0.497 e. The molecule has 0 bridgehead atoms. The fourth-order valence-corrected chi connectivity index (χ4v) is 3.14. The molecule has 21 heavy (non-hydrogen) atoms. The molecule has 1 aromatic carbocycles. The number of ether oxygens (including phenoxy) is 1. The van der Waals surface area contributed by atoms with E-state index in [4.69, 9.17) is 13.8 Å². The third-order valence-corrected chi connectivity index (χ3v) is 4.59. The van der Waals surface area contributed by atoms with Crippen molar-refractivity contribution in [2.75, 3.05) is 26.5 Å². The first-order valence-electron chi connectivity index (χ1n) is 6.99. The summed E-state index contributed by atoms with van der Waals surface area (Å²) in [6.07, 6.45) is 7.77. The highest BCUT2D eigenvalue weighted by Crippen LogP contribution is 2.47. The zero-order valence-electron chi connectivity index (χ0n) is 12.8. The van der Waals surface area contributed by atoms with Gasteiger partial charge in [0.2, 0.25) is 0 Å². The standard InChI is InChI=1S/C16H23O4P/c1-4-19-21(17,20-5-2)14-8-6-7-9-15-10-12-16(18-3)13-11-15/h6-13H,4-5,14H2,1-3H3. The Morgan fingerprint density at radius 1 is 1.05 bits per heavy atom. The highest BCUT2D eigenvalue weighted by molar-refractivity contribution is 7.54. The SMILES string of the molecule is CCOP(=O)(CC=CC=Cc1ccc(OC)cc1)OCC. The van der Waals surface area contributed by atoms with Crippen LogP contribution < -0.4 is 4.74 Å². The van der Waals surface area contributed by atoms with E-state index in [1.807, 2.05) is 42.5 Å². The molecule has 0 aliphatic carbocycles. The quantitative estimate of drug-likeness (QED) is 0.496. The fourth-order valence-electron chi connectivity index (χ4n) is 1.69. The minimum Gasteiger partial charge on any atom is -0.497 e. The lowest BCUT2D eigenvalue weighted by atomic mass is 10.2. The van der Waals surface area contributed by atoms with Gasteiger partial charge in [0.25, 0.3) is 0 Å². The van der Waals surface area contributed by atoms with Crippen molar-refractivity contribution < 1.29 is 18.3 Å². The average Bonchev–Trinajstić information content (AvgIpc) is 2.48. The molecule has 0 spiro atoms. The van der Waals surface area contributed by atoms with Crippen molar-refractivity contribution in [3.05, 3.63) is 48.1 Å². The molecule has 116 valence electrons. The molecule has 0 radical (unpaired) electrons. The summed E-state index contributed by atoms with van der Waals surface area (Å²) in [5, 5.41) is 0. The first-order valence-corrected chi connectivity index (χ1v) is 8.71. The molecule has 0 saturated heterocycles. The van der Waals surface area contributed by atoms with Crippen LogP contribution in [0.25, 0.3) is 6.08 Å². The smallest absolute Gasteiger partial charge is 0.334 e. The first-order chi connectivity index (χ1) is 10.1. The Hall–Kier alpha value is -1.35. The van der Waals surface area contributed by atoms with Gasteiger partial charge in [0.1, 0.15) is 5.75 Å². The molecule has 0 atom stereocenters. The second-order valence-electron chi connectivity index (χ2n) is 4.19. The second kappa shape index (κ2) is 9.56. The van der Waals surface area contributed by atoms with E-state index in [1.165, 1.54) is 0 Å². The Bertz CT molecular complexity index is 496. The summed E-state index contributed by atoms with van der Waals surface area (Å²) in [5.41, 5.74) is 1.07. The van der Waals surface area contributed by atoms with Crippen LogP contribution in [0.4, 0.5) is 0 Å². The molecule has 0 unspecified atom stereocenters. The topological polar surface area (TPSA) is 44.8 Å². The number of hydrogen-bond acceptors (Lipinski definition) is 4. The van der Waals surface area contributed by atoms with Gasteiger partial charge in [-0.05, 0) is 31.5 Å². The molecule has 0 aromatic heterocycles. The third-order valence-electron chi connectivity index (χ3n) is 2.63. The number of benzene rings is 1. The summed E-state index contributed by atoms with van der Waals surface area (Å²) >= 11 is 0. The van der Waals surface area contributed by atoms with Crippen molar-refractivity contribution in [1.29, 1.82) is 0 Å². The Labute approximate surface area is 127 Å². The van der Waals surface area contributed by atoms with E-state index in [-0.39, 0.29) is 6.16 Å². The van der Waals surface area contributed by atoms with Gasteiger partial charge in [-0.15, -0.1) is 0 Å². The predicted molar refractivity (Wildman–Crippen MR) is 86.9 cm³/mol. The van der Waals surface area contributed by atoms with E-state index in [9.17, 15) is 4.57 Å². The summed E-state index contributed by atoms with van der Waals surface area (Å²) in [4.78, 5) is 0. The molecule has 0 aliphatic heterocycles. The van der Waals surface area contributed by atoms with E-state index in [2.05, 4.69) is 0 Å². The lowest BCUT2D eigenvalue weighted by Gasteiger charge is -2.14. The van der Waals surface area contributed by atoms with Gasteiger partial charge >= 0.3 is 7.60 Å². The van der Waals surface area contributed by atoms with Crippen molar-refractivity contribution in [3.8, 4) is 5.75 Å². The van der Waals surface area contributed by atoms with Gasteiger partial charge in [-0.2, -0.15) is 0 Å². The van der Waals surface area contributed by atoms with Gasteiger partial charge in [-0.1, -0.05) is 36.4 Å². The van der Waals surface area contributed by atoms with E-state index in [1.54, 1.807) is 27.0 Å². The first kappa shape index (κ1) is 17.7. The van der Waals surface area contributed by atoms with E-state index < -0.39 is 7.60 Å². The zero-order valence-corrected chi connectivity index (χ0v) is 13.7. The van der Waals surface area contributed by atoms with E-state index >= 15 is 0 Å². The van der Waals surface area contributed by atoms with Crippen LogP contribution in [0, 0.1) is 0 Å². The molecule has 4 nitrogen and oxygen atoms in total. The van der Waals surface area contributed by atoms with Gasteiger partial charge in [-0.25, -0.2) is 0 Å². The maximum absolute atomic E-state index is 12.2. The maximum atomic E-state index is 12.2. The summed E-state index contributed by atoms with van der Waals surface area (Å²) < 4.78 is 27.7. The summed E-state index contributed by atoms with van der Waals surface area (Å²) in [7, 11) is -1.34. The molecular weight excluding hydrogens is 287 g/mol. The van der Waals surface area contributed by atoms with Crippen LogP contribution in [0.15, 0.2) is 42.5 Å². The summed E-state index contributed by atoms with van der Waals surface area (Å²) in [6, 6.07) is 7.74. The monoisotopic (exact) mass is 310 g/mol. The number of methoxy groups -OCH3 is 1. The van der Waals surface area contributed by atoms with Crippen LogP contribution in [0.3, 0.4) is 0 Å². The minimum atomic E-state index is -2.98. The lowest BCUT2D eigenvalue weighted by Crippen LogP contribution is -1.98. The highest BCUT2D eigenvalue weighted by Gasteiger charge is 2.20. The molecule has 0 heterocycles. The molecule has 1 aromatic rings. The van der Waals surface area contributed by atoms with Gasteiger partial charge < -0.3 is 13.8 Å².